The van der Waals surface area contributed by atoms with Crippen LogP contribution in [0.3, 0.4) is 0 Å². The summed E-state index contributed by atoms with van der Waals surface area (Å²) in [5.41, 5.74) is 2.13. The standard InChI is InChI=1S/C25H26F2N2O6S/c1-4-34-23-13-18(10-11-22(23)35-25(26)27)19(15-36(3,32)33)12-21-24(29(30)31)16(2)20(14-28-21)17-8-6-5-7-9-17/h5-11,13-14,19,25H,4,12,15H2,1-3H3. The van der Waals surface area contributed by atoms with E-state index in [1.165, 1.54) is 24.4 Å². The molecule has 36 heavy (non-hydrogen) atoms. The van der Waals surface area contributed by atoms with Crippen LogP contribution in [-0.4, -0.2) is 43.6 Å². The molecular formula is C25H26F2N2O6S. The minimum atomic E-state index is -3.53. The van der Waals surface area contributed by atoms with Crippen molar-refractivity contribution in [3.05, 3.63) is 81.7 Å². The fourth-order valence-electron chi connectivity index (χ4n) is 4.06. The number of hydrogen-bond donors (Lipinski definition) is 0. The van der Waals surface area contributed by atoms with Gasteiger partial charge in [0.1, 0.15) is 15.5 Å². The molecule has 3 rings (SSSR count). The van der Waals surface area contributed by atoms with Crippen molar-refractivity contribution in [1.29, 1.82) is 0 Å². The van der Waals surface area contributed by atoms with Crippen molar-refractivity contribution in [3.8, 4) is 22.6 Å². The lowest BCUT2D eigenvalue weighted by atomic mass is 9.92. The summed E-state index contributed by atoms with van der Waals surface area (Å²) in [5, 5.41) is 12.1. The Bertz CT molecular complexity index is 1330. The van der Waals surface area contributed by atoms with Crippen LogP contribution in [0.2, 0.25) is 0 Å². The molecule has 0 bridgehead atoms. The second-order valence-corrected chi connectivity index (χ2v) is 10.4. The summed E-state index contributed by atoms with van der Waals surface area (Å²) in [6.45, 7) is 0.380. The molecule has 1 unspecified atom stereocenters. The monoisotopic (exact) mass is 520 g/mol. The number of sulfone groups is 1. The summed E-state index contributed by atoms with van der Waals surface area (Å²) >= 11 is 0. The van der Waals surface area contributed by atoms with Gasteiger partial charge in [-0.2, -0.15) is 8.78 Å². The van der Waals surface area contributed by atoms with Crippen LogP contribution in [0.5, 0.6) is 11.5 Å². The predicted octanol–water partition coefficient (Wildman–Crippen LogP) is 5.34. The van der Waals surface area contributed by atoms with Gasteiger partial charge < -0.3 is 9.47 Å². The Morgan fingerprint density at radius 3 is 2.39 bits per heavy atom. The van der Waals surface area contributed by atoms with Crippen molar-refractivity contribution in [3.63, 3.8) is 0 Å². The number of hydrogen-bond acceptors (Lipinski definition) is 7. The molecule has 0 aliphatic heterocycles. The quantitative estimate of drug-likeness (QED) is 0.248. The highest BCUT2D eigenvalue weighted by atomic mass is 32.2. The Morgan fingerprint density at radius 2 is 1.81 bits per heavy atom. The molecule has 1 aromatic heterocycles. The molecule has 192 valence electrons. The van der Waals surface area contributed by atoms with Crippen molar-refractivity contribution < 1.29 is 31.6 Å². The summed E-state index contributed by atoms with van der Waals surface area (Å²) in [7, 11) is -3.53. The van der Waals surface area contributed by atoms with E-state index in [1.54, 1.807) is 13.8 Å². The number of alkyl halides is 2. The van der Waals surface area contributed by atoms with Gasteiger partial charge in [-0.1, -0.05) is 36.4 Å². The highest BCUT2D eigenvalue weighted by molar-refractivity contribution is 7.90. The predicted molar refractivity (Wildman–Crippen MR) is 131 cm³/mol. The van der Waals surface area contributed by atoms with Crippen LogP contribution in [-0.2, 0) is 16.3 Å². The third-order valence-electron chi connectivity index (χ3n) is 5.55. The first-order chi connectivity index (χ1) is 17.0. The largest absolute Gasteiger partial charge is 0.490 e. The van der Waals surface area contributed by atoms with E-state index in [0.717, 1.165) is 11.8 Å². The van der Waals surface area contributed by atoms with Crippen LogP contribution in [0.4, 0.5) is 14.5 Å². The zero-order valence-corrected chi connectivity index (χ0v) is 20.8. The zero-order valence-electron chi connectivity index (χ0n) is 20.0. The first kappa shape index (κ1) is 27.0. The topological polar surface area (TPSA) is 109 Å². The summed E-state index contributed by atoms with van der Waals surface area (Å²) in [4.78, 5) is 15.9. The molecule has 0 aliphatic carbocycles. The van der Waals surface area contributed by atoms with E-state index in [-0.39, 0.29) is 41.7 Å². The van der Waals surface area contributed by atoms with E-state index < -0.39 is 27.3 Å². The smallest absolute Gasteiger partial charge is 0.387 e. The fourth-order valence-corrected chi connectivity index (χ4v) is 5.10. The highest BCUT2D eigenvalue weighted by Gasteiger charge is 2.28. The third kappa shape index (κ3) is 6.75. The first-order valence-corrected chi connectivity index (χ1v) is 13.1. The van der Waals surface area contributed by atoms with E-state index in [2.05, 4.69) is 9.72 Å². The van der Waals surface area contributed by atoms with Crippen LogP contribution in [0.1, 0.15) is 29.7 Å². The van der Waals surface area contributed by atoms with Gasteiger partial charge in [0, 0.05) is 35.9 Å². The van der Waals surface area contributed by atoms with Gasteiger partial charge in [0.15, 0.2) is 11.5 Å². The number of halogens is 2. The molecule has 0 amide bonds. The van der Waals surface area contributed by atoms with Gasteiger partial charge in [0.05, 0.1) is 17.3 Å². The molecule has 0 saturated heterocycles. The molecule has 11 heteroatoms. The van der Waals surface area contributed by atoms with Gasteiger partial charge in [-0.3, -0.25) is 15.1 Å². The van der Waals surface area contributed by atoms with Gasteiger partial charge in [-0.05, 0) is 37.1 Å². The van der Waals surface area contributed by atoms with Crippen LogP contribution in [0.15, 0.2) is 54.7 Å². The number of pyridine rings is 1. The van der Waals surface area contributed by atoms with Gasteiger partial charge in [-0.15, -0.1) is 0 Å². The van der Waals surface area contributed by atoms with E-state index >= 15 is 0 Å². The summed E-state index contributed by atoms with van der Waals surface area (Å²) in [5.74, 6) is -1.27. The van der Waals surface area contributed by atoms with Crippen molar-refractivity contribution in [2.24, 2.45) is 0 Å². The number of benzene rings is 2. The maximum atomic E-state index is 12.8. The van der Waals surface area contributed by atoms with Gasteiger partial charge in [0.25, 0.3) is 5.69 Å². The number of aromatic nitrogens is 1. The normalized spacial score (nSPS) is 12.4. The van der Waals surface area contributed by atoms with Gasteiger partial charge in [0.2, 0.25) is 0 Å². The maximum Gasteiger partial charge on any atom is 0.387 e. The van der Waals surface area contributed by atoms with Crippen LogP contribution < -0.4 is 9.47 Å². The number of rotatable bonds is 11. The molecule has 1 atom stereocenters. The molecule has 0 radical (unpaired) electrons. The molecule has 8 nitrogen and oxygen atoms in total. The number of ether oxygens (including phenoxy) is 2. The second kappa shape index (κ2) is 11.4. The van der Waals surface area contributed by atoms with Crippen LogP contribution in [0.25, 0.3) is 11.1 Å². The number of nitro groups is 1. The lowest BCUT2D eigenvalue weighted by molar-refractivity contribution is -0.386. The third-order valence-corrected chi connectivity index (χ3v) is 6.56. The molecule has 1 heterocycles. The van der Waals surface area contributed by atoms with Crippen molar-refractivity contribution in [2.45, 2.75) is 32.8 Å². The first-order valence-electron chi connectivity index (χ1n) is 11.1. The molecule has 0 aliphatic rings. The molecule has 0 N–H and O–H groups in total. The van der Waals surface area contributed by atoms with E-state index in [0.29, 0.717) is 16.7 Å². The Hall–Kier alpha value is -3.60. The average molecular weight is 521 g/mol. The molecule has 0 spiro atoms. The molecule has 0 fully saturated rings. The Balaban J connectivity index is 2.08. The summed E-state index contributed by atoms with van der Waals surface area (Å²) in [6.07, 6.45) is 2.53. The fraction of sp³-hybridized carbons (Fsp3) is 0.320. The van der Waals surface area contributed by atoms with Crippen LogP contribution >= 0.6 is 0 Å². The lowest BCUT2D eigenvalue weighted by Crippen LogP contribution is -2.18. The summed E-state index contributed by atoms with van der Waals surface area (Å²) < 4.78 is 60.0. The zero-order chi connectivity index (χ0) is 26.5. The Morgan fingerprint density at radius 1 is 1.11 bits per heavy atom. The number of nitrogens with zero attached hydrogens (tertiary/aromatic N) is 2. The SMILES string of the molecule is CCOc1cc(C(Cc2ncc(-c3ccccc3)c(C)c2[N+](=O)[O-])CS(C)(=O)=O)ccc1OC(F)F. The molecule has 3 aromatic rings. The van der Waals surface area contributed by atoms with Gasteiger partial charge in [-0.25, -0.2) is 8.42 Å². The van der Waals surface area contributed by atoms with Crippen LogP contribution in [0, 0.1) is 17.0 Å². The molecule has 0 saturated carbocycles. The maximum absolute atomic E-state index is 12.8. The van der Waals surface area contributed by atoms with Gasteiger partial charge >= 0.3 is 6.61 Å². The van der Waals surface area contributed by atoms with Crippen molar-refractivity contribution in [1.82, 2.24) is 4.98 Å². The summed E-state index contributed by atoms with van der Waals surface area (Å²) in [6, 6.07) is 13.2. The average Bonchev–Trinajstić information content (AvgIpc) is 2.79. The Kier molecular flexibility index (Phi) is 8.57. The Labute approximate surface area is 208 Å². The van der Waals surface area contributed by atoms with Crippen molar-refractivity contribution in [2.75, 3.05) is 18.6 Å². The van der Waals surface area contributed by atoms with E-state index in [1.807, 2.05) is 30.3 Å². The second-order valence-electron chi connectivity index (χ2n) is 8.23. The minimum Gasteiger partial charge on any atom is -0.490 e. The highest BCUT2D eigenvalue weighted by Crippen LogP contribution is 2.37. The lowest BCUT2D eigenvalue weighted by Gasteiger charge is -2.19. The molecular weight excluding hydrogens is 494 g/mol. The van der Waals surface area contributed by atoms with E-state index in [9.17, 15) is 27.3 Å². The van der Waals surface area contributed by atoms with E-state index in [4.69, 9.17) is 4.74 Å². The van der Waals surface area contributed by atoms with Crippen molar-refractivity contribution >= 4 is 15.5 Å². The molecule has 2 aromatic carbocycles. The minimum absolute atomic E-state index is 0.0202.